The lowest BCUT2D eigenvalue weighted by Gasteiger charge is -2.68. The standard InChI is InChI=1S/C27H29FN8O/c1-24-10-25(2)12-26(11-24,15-27(37,13-24)14-25)35-23-32-7-19(28)22(34-23)20-8-31-21-4-3-17(9-36(20)21)33-18-5-29-16-30-6-18/h3-9,16,33,37H,10-15H2,1-2H3,(H,32,34,35). The van der Waals surface area contributed by atoms with Crippen LogP contribution in [0.1, 0.15) is 52.4 Å². The molecule has 4 aliphatic carbocycles. The molecule has 4 aliphatic rings. The average Bonchev–Trinajstić information content (AvgIpc) is 3.21. The highest BCUT2D eigenvalue weighted by Crippen LogP contribution is 2.68. The number of rotatable bonds is 5. The van der Waals surface area contributed by atoms with E-state index in [4.69, 9.17) is 0 Å². The lowest BCUT2D eigenvalue weighted by atomic mass is 9.41. The van der Waals surface area contributed by atoms with Gasteiger partial charge in [0.15, 0.2) is 5.82 Å². The Kier molecular flexibility index (Phi) is 4.53. The number of aliphatic hydroxyl groups is 1. The number of anilines is 3. The van der Waals surface area contributed by atoms with Crippen molar-refractivity contribution < 1.29 is 9.50 Å². The van der Waals surface area contributed by atoms with E-state index in [0.29, 0.717) is 23.7 Å². The molecule has 3 N–H and O–H groups in total. The van der Waals surface area contributed by atoms with Gasteiger partial charge in [-0.3, -0.25) is 4.40 Å². The van der Waals surface area contributed by atoms with Crippen molar-refractivity contribution in [2.45, 2.75) is 63.5 Å². The van der Waals surface area contributed by atoms with E-state index in [-0.39, 0.29) is 22.1 Å². The number of halogens is 1. The van der Waals surface area contributed by atoms with E-state index in [1.54, 1.807) is 23.0 Å². The third-order valence-electron chi connectivity index (χ3n) is 8.28. The van der Waals surface area contributed by atoms with Gasteiger partial charge in [-0.25, -0.2) is 29.3 Å². The quantitative estimate of drug-likeness (QED) is 0.360. The minimum atomic E-state index is -0.678. The number of nitrogens with zero attached hydrogens (tertiary/aromatic N) is 6. The van der Waals surface area contributed by atoms with Gasteiger partial charge in [0.25, 0.3) is 0 Å². The van der Waals surface area contributed by atoms with E-state index in [9.17, 15) is 5.11 Å². The fourth-order valence-electron chi connectivity index (χ4n) is 8.37. The van der Waals surface area contributed by atoms with Crippen LogP contribution in [0.15, 0.2) is 49.4 Å². The third kappa shape index (κ3) is 3.81. The van der Waals surface area contributed by atoms with Crippen molar-refractivity contribution in [3.05, 3.63) is 55.3 Å². The van der Waals surface area contributed by atoms with Crippen molar-refractivity contribution in [1.29, 1.82) is 0 Å². The van der Waals surface area contributed by atoms with Crippen LogP contribution in [0.4, 0.5) is 21.7 Å². The lowest BCUT2D eigenvalue weighted by Crippen LogP contribution is -2.67. The van der Waals surface area contributed by atoms with E-state index in [1.807, 2.05) is 18.3 Å². The lowest BCUT2D eigenvalue weighted by molar-refractivity contribution is -0.192. The van der Waals surface area contributed by atoms with Crippen LogP contribution in [0.3, 0.4) is 0 Å². The molecular formula is C27H29FN8O. The first-order chi connectivity index (χ1) is 17.6. The van der Waals surface area contributed by atoms with Crippen LogP contribution in [0, 0.1) is 16.6 Å². The van der Waals surface area contributed by atoms with Crippen molar-refractivity contribution in [3.63, 3.8) is 0 Å². The summed E-state index contributed by atoms with van der Waals surface area (Å²) in [5.41, 5.74) is 2.03. The maximum atomic E-state index is 15.1. The molecule has 4 saturated carbocycles. The summed E-state index contributed by atoms with van der Waals surface area (Å²) in [4.78, 5) is 21.5. The Morgan fingerprint density at radius 2 is 1.65 bits per heavy atom. The van der Waals surface area contributed by atoms with Crippen molar-refractivity contribution in [3.8, 4) is 11.4 Å². The van der Waals surface area contributed by atoms with E-state index in [1.165, 1.54) is 12.5 Å². The van der Waals surface area contributed by atoms with Gasteiger partial charge >= 0.3 is 0 Å². The van der Waals surface area contributed by atoms with Gasteiger partial charge in [0.2, 0.25) is 5.95 Å². The van der Waals surface area contributed by atoms with Crippen LogP contribution in [0.5, 0.6) is 0 Å². The summed E-state index contributed by atoms with van der Waals surface area (Å²) >= 11 is 0. The minimum absolute atomic E-state index is 0.0724. The largest absolute Gasteiger partial charge is 0.390 e. The molecule has 4 bridgehead atoms. The smallest absolute Gasteiger partial charge is 0.223 e. The molecular weight excluding hydrogens is 471 g/mol. The van der Waals surface area contributed by atoms with E-state index >= 15 is 4.39 Å². The maximum Gasteiger partial charge on any atom is 0.223 e. The predicted molar refractivity (Wildman–Crippen MR) is 137 cm³/mol. The number of hydrogen-bond acceptors (Lipinski definition) is 8. The second kappa shape index (κ2) is 7.44. The molecule has 0 radical (unpaired) electrons. The Hall–Kier alpha value is -3.66. The summed E-state index contributed by atoms with van der Waals surface area (Å²) in [7, 11) is 0. The topological polar surface area (TPSA) is 113 Å². The molecule has 4 aromatic heterocycles. The molecule has 10 heteroatoms. The van der Waals surface area contributed by atoms with Crippen LogP contribution in [0.2, 0.25) is 0 Å². The first-order valence-corrected chi connectivity index (χ1v) is 12.7. The summed E-state index contributed by atoms with van der Waals surface area (Å²) < 4.78 is 16.9. The van der Waals surface area contributed by atoms with E-state index in [0.717, 1.165) is 43.5 Å². The van der Waals surface area contributed by atoms with Gasteiger partial charge in [-0.2, -0.15) is 0 Å². The Morgan fingerprint density at radius 3 is 2.38 bits per heavy atom. The molecule has 2 unspecified atom stereocenters. The monoisotopic (exact) mass is 500 g/mol. The molecule has 0 aliphatic heterocycles. The summed E-state index contributed by atoms with van der Waals surface area (Å²) in [6.45, 7) is 4.57. The van der Waals surface area contributed by atoms with Crippen molar-refractivity contribution in [1.82, 2.24) is 29.3 Å². The third-order valence-corrected chi connectivity index (χ3v) is 8.28. The predicted octanol–water partition coefficient (Wildman–Crippen LogP) is 4.74. The molecule has 8 rings (SSSR count). The van der Waals surface area contributed by atoms with Crippen molar-refractivity contribution in [2.75, 3.05) is 10.6 Å². The van der Waals surface area contributed by atoms with Crippen molar-refractivity contribution >= 4 is 23.0 Å². The van der Waals surface area contributed by atoms with Gasteiger partial charge in [-0.1, -0.05) is 13.8 Å². The second-order valence-electron chi connectivity index (χ2n) is 12.2. The van der Waals surface area contributed by atoms with Crippen molar-refractivity contribution in [2.24, 2.45) is 10.8 Å². The highest BCUT2D eigenvalue weighted by atomic mass is 19.1. The zero-order valence-corrected chi connectivity index (χ0v) is 20.9. The number of imidazole rings is 1. The Balaban J connectivity index is 1.23. The molecule has 2 atom stereocenters. The molecule has 0 aromatic carbocycles. The van der Waals surface area contributed by atoms with E-state index in [2.05, 4.69) is 49.4 Å². The van der Waals surface area contributed by atoms with Gasteiger partial charge in [-0.05, 0) is 61.5 Å². The molecule has 0 amide bonds. The average molecular weight is 501 g/mol. The van der Waals surface area contributed by atoms with Gasteiger partial charge in [0.05, 0.1) is 47.5 Å². The molecule has 0 saturated heterocycles. The molecule has 4 heterocycles. The van der Waals surface area contributed by atoms with Crippen LogP contribution in [-0.4, -0.2) is 45.6 Å². The van der Waals surface area contributed by atoms with Crippen LogP contribution >= 0.6 is 0 Å². The van der Waals surface area contributed by atoms with Gasteiger partial charge in [0.1, 0.15) is 17.7 Å². The first-order valence-electron chi connectivity index (χ1n) is 12.7. The van der Waals surface area contributed by atoms with Gasteiger partial charge in [0, 0.05) is 11.7 Å². The number of nitrogens with one attached hydrogen (secondary N) is 2. The summed E-state index contributed by atoms with van der Waals surface area (Å²) in [5.74, 6) is -0.148. The highest BCUT2D eigenvalue weighted by molar-refractivity contribution is 5.66. The van der Waals surface area contributed by atoms with Crippen LogP contribution in [0.25, 0.3) is 17.0 Å². The number of fused-ring (bicyclic) bond motifs is 1. The normalized spacial score (nSPS) is 32.1. The Morgan fingerprint density at radius 1 is 0.892 bits per heavy atom. The molecule has 4 aromatic rings. The molecule has 190 valence electrons. The van der Waals surface area contributed by atoms with Crippen LogP contribution in [-0.2, 0) is 0 Å². The minimum Gasteiger partial charge on any atom is -0.390 e. The second-order valence-corrected chi connectivity index (χ2v) is 12.2. The maximum absolute atomic E-state index is 15.1. The summed E-state index contributed by atoms with van der Waals surface area (Å²) in [5, 5.41) is 18.2. The highest BCUT2D eigenvalue weighted by Gasteiger charge is 2.65. The number of pyridine rings is 1. The fourth-order valence-corrected chi connectivity index (χ4v) is 8.37. The molecule has 37 heavy (non-hydrogen) atoms. The molecule has 0 spiro atoms. The van der Waals surface area contributed by atoms with E-state index < -0.39 is 11.4 Å². The number of aromatic nitrogens is 6. The molecule has 4 fully saturated rings. The SMILES string of the molecule is CC12CC3(C)CC(O)(C1)CC(Nc1ncc(F)c(-c4cnc5ccc(Nc6cncnc6)cn45)n1)(C2)C3. The fraction of sp³-hybridized carbons (Fsp3) is 0.444. The summed E-state index contributed by atoms with van der Waals surface area (Å²) in [6, 6.07) is 3.74. The van der Waals surface area contributed by atoms with Crippen LogP contribution < -0.4 is 10.6 Å². The van der Waals surface area contributed by atoms with Gasteiger partial charge < -0.3 is 15.7 Å². The first kappa shape index (κ1) is 22.5. The zero-order valence-electron chi connectivity index (χ0n) is 20.9. The van der Waals surface area contributed by atoms with Gasteiger partial charge in [-0.15, -0.1) is 0 Å². The zero-order chi connectivity index (χ0) is 25.5. The number of hydrogen-bond donors (Lipinski definition) is 3. The molecule has 9 nitrogen and oxygen atoms in total. The Bertz CT molecular complexity index is 1470. The summed E-state index contributed by atoms with van der Waals surface area (Å²) in [6.07, 6.45) is 14.8. The Labute approximate surface area is 213 Å².